The van der Waals surface area contributed by atoms with Crippen LogP contribution in [0.3, 0.4) is 0 Å². The molecule has 20 heavy (non-hydrogen) atoms. The monoisotopic (exact) mass is 287 g/mol. The number of nitrogens with two attached hydrogens (primary N) is 1. The zero-order valence-corrected chi connectivity index (χ0v) is 11.0. The number of nitriles is 1. The van der Waals surface area contributed by atoms with E-state index in [0.717, 1.165) is 0 Å². The van der Waals surface area contributed by atoms with E-state index in [9.17, 15) is 4.79 Å². The van der Waals surface area contributed by atoms with Crippen LogP contribution in [-0.4, -0.2) is 10.9 Å². The van der Waals surface area contributed by atoms with Gasteiger partial charge >= 0.3 is 0 Å². The molecule has 0 aliphatic carbocycles. The van der Waals surface area contributed by atoms with Crippen molar-refractivity contribution in [1.82, 2.24) is 4.98 Å². The maximum Gasteiger partial charge on any atom is 0.259 e. The van der Waals surface area contributed by atoms with Gasteiger partial charge in [-0.2, -0.15) is 5.26 Å². The molecule has 0 fully saturated rings. The fourth-order valence-electron chi connectivity index (χ4n) is 1.58. The van der Waals surface area contributed by atoms with Crippen molar-refractivity contribution in [3.8, 4) is 6.07 Å². The van der Waals surface area contributed by atoms with Crippen LogP contribution >= 0.6 is 11.6 Å². The fraction of sp³-hybridized carbons (Fsp3) is 0. The summed E-state index contributed by atoms with van der Waals surface area (Å²) < 4.78 is 0. The van der Waals surface area contributed by atoms with Crippen LogP contribution in [0.2, 0.25) is 5.02 Å². The third-order valence-electron chi connectivity index (χ3n) is 2.53. The summed E-state index contributed by atoms with van der Waals surface area (Å²) in [6.45, 7) is 0. The van der Waals surface area contributed by atoms with Crippen molar-refractivity contribution in [2.45, 2.75) is 0 Å². The number of hydrazine groups is 1. The normalized spacial score (nSPS) is 9.65. The molecule has 0 bridgehead atoms. The topological polar surface area (TPSA) is 104 Å². The number of pyridine rings is 1. The average molecular weight is 288 g/mol. The fourth-order valence-corrected chi connectivity index (χ4v) is 1.75. The van der Waals surface area contributed by atoms with Crippen LogP contribution in [-0.2, 0) is 0 Å². The summed E-state index contributed by atoms with van der Waals surface area (Å²) in [7, 11) is 0. The molecule has 0 atom stereocenters. The molecular weight excluding hydrogens is 278 g/mol. The highest BCUT2D eigenvalue weighted by Crippen LogP contribution is 2.24. The van der Waals surface area contributed by atoms with Crippen LogP contribution in [0.5, 0.6) is 0 Å². The second kappa shape index (κ2) is 6.02. The molecule has 0 unspecified atom stereocenters. The van der Waals surface area contributed by atoms with Crippen molar-refractivity contribution in [2.75, 3.05) is 10.7 Å². The molecule has 1 heterocycles. The lowest BCUT2D eigenvalue weighted by Gasteiger charge is -2.10. The smallest absolute Gasteiger partial charge is 0.259 e. The second-order valence-corrected chi connectivity index (χ2v) is 4.21. The van der Waals surface area contributed by atoms with Gasteiger partial charge in [0.25, 0.3) is 5.91 Å². The van der Waals surface area contributed by atoms with E-state index < -0.39 is 5.91 Å². The molecule has 100 valence electrons. The Labute approximate surface area is 120 Å². The Kier molecular flexibility index (Phi) is 4.15. The van der Waals surface area contributed by atoms with Gasteiger partial charge in [0.1, 0.15) is 0 Å². The highest BCUT2D eigenvalue weighted by Gasteiger charge is 2.13. The zero-order valence-electron chi connectivity index (χ0n) is 10.2. The predicted molar refractivity (Wildman–Crippen MR) is 76.2 cm³/mol. The van der Waals surface area contributed by atoms with Crippen LogP contribution in [0, 0.1) is 11.3 Å². The molecule has 0 aliphatic heterocycles. The van der Waals surface area contributed by atoms with E-state index >= 15 is 0 Å². The number of nitrogen functional groups attached to an aromatic ring is 1. The van der Waals surface area contributed by atoms with Gasteiger partial charge in [0.2, 0.25) is 0 Å². The average Bonchev–Trinajstić information content (AvgIpc) is 2.49. The molecular formula is C13H10ClN5O. The second-order valence-electron chi connectivity index (χ2n) is 3.80. The predicted octanol–water partition coefficient (Wildman–Crippen LogP) is 2.14. The van der Waals surface area contributed by atoms with Gasteiger partial charge in [-0.1, -0.05) is 11.6 Å². The lowest BCUT2D eigenvalue weighted by Crippen LogP contribution is -2.18. The van der Waals surface area contributed by atoms with Gasteiger partial charge in [0.05, 0.1) is 27.9 Å². The molecule has 0 radical (unpaired) electrons. The molecule has 1 aromatic heterocycles. The molecule has 7 heteroatoms. The quantitative estimate of drug-likeness (QED) is 0.593. The van der Waals surface area contributed by atoms with Crippen LogP contribution in [0.15, 0.2) is 36.5 Å². The molecule has 2 aromatic rings. The van der Waals surface area contributed by atoms with E-state index in [0.29, 0.717) is 16.3 Å². The van der Waals surface area contributed by atoms with Crippen LogP contribution in [0.1, 0.15) is 15.9 Å². The van der Waals surface area contributed by atoms with Gasteiger partial charge in [-0.05, 0) is 30.3 Å². The lowest BCUT2D eigenvalue weighted by atomic mass is 10.2. The van der Waals surface area contributed by atoms with Crippen molar-refractivity contribution in [3.05, 3.63) is 52.7 Å². The minimum absolute atomic E-state index is 0.248. The first-order valence-electron chi connectivity index (χ1n) is 5.58. The van der Waals surface area contributed by atoms with Gasteiger partial charge in [0.15, 0.2) is 5.82 Å². The van der Waals surface area contributed by atoms with Gasteiger partial charge in [-0.15, -0.1) is 0 Å². The van der Waals surface area contributed by atoms with Gasteiger partial charge in [-0.25, -0.2) is 10.8 Å². The number of carbonyl (C=O) groups is 1. The number of nitrogens with one attached hydrogen (secondary N) is 2. The van der Waals surface area contributed by atoms with Crippen LogP contribution in [0.4, 0.5) is 11.5 Å². The van der Waals surface area contributed by atoms with E-state index in [-0.39, 0.29) is 11.4 Å². The number of hydrogen-bond acceptors (Lipinski definition) is 5. The number of hydrogen-bond donors (Lipinski definition) is 3. The lowest BCUT2D eigenvalue weighted by molar-refractivity contribution is 0.102. The maximum atomic E-state index is 12.2. The summed E-state index contributed by atoms with van der Waals surface area (Å²) in [5, 5.41) is 11.8. The number of carbonyl (C=O) groups excluding carboxylic acids is 1. The summed E-state index contributed by atoms with van der Waals surface area (Å²) in [5.41, 5.74) is 3.36. The number of anilines is 2. The molecule has 2 rings (SSSR count). The van der Waals surface area contributed by atoms with Gasteiger partial charge in [0, 0.05) is 6.20 Å². The van der Waals surface area contributed by atoms with Crippen LogP contribution in [0.25, 0.3) is 0 Å². The summed E-state index contributed by atoms with van der Waals surface area (Å²) >= 11 is 5.98. The molecule has 0 saturated carbocycles. The zero-order chi connectivity index (χ0) is 14.5. The number of rotatable bonds is 3. The van der Waals surface area contributed by atoms with E-state index in [1.807, 2.05) is 6.07 Å². The summed E-state index contributed by atoms with van der Waals surface area (Å²) in [6.07, 6.45) is 1.51. The Bertz CT molecular complexity index is 695. The molecule has 1 amide bonds. The minimum Gasteiger partial charge on any atom is -0.320 e. The van der Waals surface area contributed by atoms with E-state index in [1.165, 1.54) is 12.3 Å². The highest BCUT2D eigenvalue weighted by atomic mass is 35.5. The van der Waals surface area contributed by atoms with Crippen LogP contribution < -0.4 is 16.6 Å². The van der Waals surface area contributed by atoms with Crippen molar-refractivity contribution < 1.29 is 4.79 Å². The molecule has 4 N–H and O–H groups in total. The standard InChI is InChI=1S/C13H10ClN5O/c14-10-4-3-8(7-15)6-11(10)18-13(20)9-2-1-5-17-12(9)19-16/h1-6H,16H2,(H,17,19)(H,18,20). The highest BCUT2D eigenvalue weighted by molar-refractivity contribution is 6.34. The Morgan fingerprint density at radius 2 is 2.20 bits per heavy atom. The number of amides is 1. The van der Waals surface area contributed by atoms with Crippen molar-refractivity contribution >= 4 is 29.0 Å². The Morgan fingerprint density at radius 3 is 2.90 bits per heavy atom. The van der Waals surface area contributed by atoms with E-state index in [4.69, 9.17) is 22.7 Å². The third-order valence-corrected chi connectivity index (χ3v) is 2.86. The maximum absolute atomic E-state index is 12.2. The number of benzene rings is 1. The molecule has 1 aromatic carbocycles. The number of nitrogens with zero attached hydrogens (tertiary/aromatic N) is 2. The Hall–Kier alpha value is -2.62. The van der Waals surface area contributed by atoms with Gasteiger partial charge < -0.3 is 10.7 Å². The SMILES string of the molecule is N#Cc1ccc(Cl)c(NC(=O)c2cccnc2NN)c1. The van der Waals surface area contributed by atoms with E-state index in [1.54, 1.807) is 24.3 Å². The first kappa shape index (κ1) is 13.8. The summed E-state index contributed by atoms with van der Waals surface area (Å²) in [4.78, 5) is 16.1. The minimum atomic E-state index is -0.428. The Morgan fingerprint density at radius 1 is 1.40 bits per heavy atom. The largest absolute Gasteiger partial charge is 0.320 e. The Balaban J connectivity index is 2.30. The van der Waals surface area contributed by atoms with Crippen molar-refractivity contribution in [2.24, 2.45) is 5.84 Å². The summed E-state index contributed by atoms with van der Waals surface area (Å²) in [5.74, 6) is 5.12. The molecule has 0 saturated heterocycles. The molecule has 6 nitrogen and oxygen atoms in total. The van der Waals surface area contributed by atoms with Crippen molar-refractivity contribution in [1.29, 1.82) is 5.26 Å². The van der Waals surface area contributed by atoms with Crippen molar-refractivity contribution in [3.63, 3.8) is 0 Å². The molecule has 0 spiro atoms. The first-order chi connectivity index (χ1) is 9.65. The number of aromatic nitrogens is 1. The summed E-state index contributed by atoms with van der Waals surface area (Å²) in [6, 6.07) is 9.76. The molecule has 0 aliphatic rings. The first-order valence-corrected chi connectivity index (χ1v) is 5.96. The van der Waals surface area contributed by atoms with E-state index in [2.05, 4.69) is 15.7 Å². The van der Waals surface area contributed by atoms with Gasteiger partial charge in [-0.3, -0.25) is 4.79 Å². The number of halogens is 1. The third kappa shape index (κ3) is 2.85.